The molecule has 1 fully saturated rings. The normalized spacial score (nSPS) is 19.7. The van der Waals surface area contributed by atoms with Gasteiger partial charge >= 0.3 is 0 Å². The lowest BCUT2D eigenvalue weighted by Crippen LogP contribution is -2.49. The summed E-state index contributed by atoms with van der Waals surface area (Å²) in [6.07, 6.45) is 1.98. The van der Waals surface area contributed by atoms with Crippen molar-refractivity contribution in [3.63, 3.8) is 0 Å². The number of carbonyl (C=O) groups is 1. The van der Waals surface area contributed by atoms with Crippen molar-refractivity contribution >= 4 is 34.8 Å². The second-order valence-electron chi connectivity index (χ2n) is 7.43. The number of nitrogens with zero attached hydrogens (tertiary/aromatic N) is 3. The van der Waals surface area contributed by atoms with Crippen LogP contribution in [0.1, 0.15) is 16.7 Å². The molecule has 0 unspecified atom stereocenters. The summed E-state index contributed by atoms with van der Waals surface area (Å²) >= 11 is 6.25. The molecule has 0 aromatic heterocycles. The number of anilines is 1. The first-order chi connectivity index (χ1) is 13.0. The molecule has 2 aromatic carbocycles. The van der Waals surface area contributed by atoms with Crippen LogP contribution in [0, 0.1) is 6.92 Å². The topological polar surface area (TPSA) is 26.8 Å². The van der Waals surface area contributed by atoms with Gasteiger partial charge in [-0.15, -0.1) is 0 Å². The molecule has 4 rings (SSSR count). The monoisotopic (exact) mass is 381 g/mol. The zero-order chi connectivity index (χ0) is 19.0. The summed E-state index contributed by atoms with van der Waals surface area (Å²) in [6, 6.07) is 14.0. The molecule has 5 heteroatoms. The summed E-state index contributed by atoms with van der Waals surface area (Å²) in [6.45, 7) is 6.64. The number of hydrogen-bond donors (Lipinski definition) is 0. The molecule has 2 aliphatic heterocycles. The van der Waals surface area contributed by atoms with Crippen molar-refractivity contribution in [3.05, 3.63) is 64.2 Å². The van der Waals surface area contributed by atoms with Crippen molar-refractivity contribution in [2.75, 3.05) is 44.8 Å². The molecule has 0 radical (unpaired) electrons. The summed E-state index contributed by atoms with van der Waals surface area (Å²) in [4.78, 5) is 19.8. The van der Waals surface area contributed by atoms with E-state index in [4.69, 9.17) is 11.6 Å². The van der Waals surface area contributed by atoms with Gasteiger partial charge < -0.3 is 4.90 Å². The summed E-state index contributed by atoms with van der Waals surface area (Å²) < 4.78 is 0. The minimum absolute atomic E-state index is 0.0479. The summed E-state index contributed by atoms with van der Waals surface area (Å²) in [7, 11) is 2.13. The van der Waals surface area contributed by atoms with E-state index in [2.05, 4.69) is 35.9 Å². The largest absolute Gasteiger partial charge is 0.304 e. The van der Waals surface area contributed by atoms with Crippen LogP contribution in [0.15, 0.2) is 42.5 Å². The molecule has 4 nitrogen and oxygen atoms in total. The summed E-state index contributed by atoms with van der Waals surface area (Å²) in [5, 5.41) is 0.654. The molecule has 2 aliphatic rings. The zero-order valence-corrected chi connectivity index (χ0v) is 16.5. The SMILES string of the molecule is Cc1ccc(/C=C2\C(=O)N(CN3CCN(C)CC3)c3cc(Cl)ccc32)cc1. The van der Waals surface area contributed by atoms with Gasteiger partial charge in [0.1, 0.15) is 0 Å². The zero-order valence-electron chi connectivity index (χ0n) is 15.8. The Hall–Kier alpha value is -2.14. The highest BCUT2D eigenvalue weighted by Crippen LogP contribution is 2.39. The average molecular weight is 382 g/mol. The van der Waals surface area contributed by atoms with E-state index in [1.807, 2.05) is 41.3 Å². The van der Waals surface area contributed by atoms with E-state index in [1.165, 1.54) is 5.56 Å². The lowest BCUT2D eigenvalue weighted by molar-refractivity contribution is -0.113. The van der Waals surface area contributed by atoms with E-state index < -0.39 is 0 Å². The Bertz CT molecular complexity index is 883. The maximum Gasteiger partial charge on any atom is 0.260 e. The highest BCUT2D eigenvalue weighted by Gasteiger charge is 2.34. The predicted molar refractivity (Wildman–Crippen MR) is 112 cm³/mol. The number of rotatable bonds is 3. The molecule has 0 saturated carbocycles. The van der Waals surface area contributed by atoms with E-state index in [-0.39, 0.29) is 5.91 Å². The van der Waals surface area contributed by atoms with Crippen molar-refractivity contribution < 1.29 is 4.79 Å². The van der Waals surface area contributed by atoms with Gasteiger partial charge in [0.2, 0.25) is 0 Å². The van der Waals surface area contributed by atoms with Crippen LogP contribution in [0.25, 0.3) is 11.6 Å². The second-order valence-corrected chi connectivity index (χ2v) is 7.86. The van der Waals surface area contributed by atoms with E-state index in [0.29, 0.717) is 11.7 Å². The number of halogens is 1. The van der Waals surface area contributed by atoms with Crippen molar-refractivity contribution in [1.82, 2.24) is 9.80 Å². The van der Waals surface area contributed by atoms with Crippen LogP contribution in [0.5, 0.6) is 0 Å². The fourth-order valence-corrected chi connectivity index (χ4v) is 3.79. The fraction of sp³-hybridized carbons (Fsp3) is 0.318. The van der Waals surface area contributed by atoms with Gasteiger partial charge in [-0.2, -0.15) is 0 Å². The number of carbonyl (C=O) groups excluding carboxylic acids is 1. The molecular formula is C22H24ClN3O. The molecule has 1 amide bonds. The Morgan fingerprint density at radius 2 is 1.74 bits per heavy atom. The third kappa shape index (κ3) is 3.79. The Kier molecular flexibility index (Phi) is 5.04. The highest BCUT2D eigenvalue weighted by atomic mass is 35.5. The quantitative estimate of drug-likeness (QED) is 0.758. The number of fused-ring (bicyclic) bond motifs is 1. The smallest absolute Gasteiger partial charge is 0.260 e. The van der Waals surface area contributed by atoms with Gasteiger partial charge in [-0.1, -0.05) is 47.5 Å². The van der Waals surface area contributed by atoms with Gasteiger partial charge in [0, 0.05) is 42.3 Å². The first-order valence-electron chi connectivity index (χ1n) is 9.32. The molecular weight excluding hydrogens is 358 g/mol. The third-order valence-corrected chi connectivity index (χ3v) is 5.58. The van der Waals surface area contributed by atoms with Gasteiger partial charge in [-0.3, -0.25) is 14.6 Å². The fourth-order valence-electron chi connectivity index (χ4n) is 3.62. The molecule has 140 valence electrons. The molecule has 2 aromatic rings. The van der Waals surface area contributed by atoms with Crippen molar-refractivity contribution in [1.29, 1.82) is 0 Å². The lowest BCUT2D eigenvalue weighted by atomic mass is 10.0. The maximum atomic E-state index is 13.3. The first kappa shape index (κ1) is 18.2. The minimum atomic E-state index is 0.0479. The molecule has 0 spiro atoms. The van der Waals surface area contributed by atoms with Crippen LogP contribution < -0.4 is 4.90 Å². The number of benzene rings is 2. The standard InChI is InChI=1S/C22H24ClN3O/c1-16-3-5-17(6-4-16)13-20-19-8-7-18(23)14-21(19)26(22(20)27)15-25-11-9-24(2)10-12-25/h3-8,13-14H,9-12,15H2,1-2H3/b20-13-. The second kappa shape index (κ2) is 7.47. The van der Waals surface area contributed by atoms with Crippen LogP contribution in [0.4, 0.5) is 5.69 Å². The Morgan fingerprint density at radius 1 is 1.04 bits per heavy atom. The van der Waals surface area contributed by atoms with E-state index in [1.54, 1.807) is 0 Å². The molecule has 0 bridgehead atoms. The van der Waals surface area contributed by atoms with Gasteiger partial charge in [0.25, 0.3) is 5.91 Å². The van der Waals surface area contributed by atoms with Gasteiger partial charge in [0.15, 0.2) is 0 Å². The summed E-state index contributed by atoms with van der Waals surface area (Å²) in [5.74, 6) is 0.0479. The Labute approximate surface area is 165 Å². The first-order valence-corrected chi connectivity index (χ1v) is 9.70. The molecule has 2 heterocycles. The maximum absolute atomic E-state index is 13.3. The number of hydrogen-bond acceptors (Lipinski definition) is 3. The number of amides is 1. The third-order valence-electron chi connectivity index (χ3n) is 5.34. The van der Waals surface area contributed by atoms with Crippen LogP contribution in [0.3, 0.4) is 0 Å². The van der Waals surface area contributed by atoms with Gasteiger partial charge in [-0.05, 0) is 37.7 Å². The van der Waals surface area contributed by atoms with Crippen LogP contribution in [0.2, 0.25) is 5.02 Å². The van der Waals surface area contributed by atoms with Crippen molar-refractivity contribution in [3.8, 4) is 0 Å². The highest BCUT2D eigenvalue weighted by molar-refractivity contribution is 6.37. The number of piperazine rings is 1. The average Bonchev–Trinajstić information content (AvgIpc) is 2.90. The van der Waals surface area contributed by atoms with Gasteiger partial charge in [-0.25, -0.2) is 0 Å². The lowest BCUT2D eigenvalue weighted by Gasteiger charge is -2.34. The van der Waals surface area contributed by atoms with E-state index in [0.717, 1.165) is 48.6 Å². The van der Waals surface area contributed by atoms with Crippen LogP contribution in [-0.4, -0.2) is 55.6 Å². The molecule has 27 heavy (non-hydrogen) atoms. The number of likely N-dealkylation sites (N-methyl/N-ethyl adjacent to an activating group) is 1. The minimum Gasteiger partial charge on any atom is -0.304 e. The number of aryl methyl sites for hydroxylation is 1. The Morgan fingerprint density at radius 3 is 2.44 bits per heavy atom. The van der Waals surface area contributed by atoms with E-state index in [9.17, 15) is 4.79 Å². The Balaban J connectivity index is 1.66. The molecule has 0 aliphatic carbocycles. The molecule has 1 saturated heterocycles. The predicted octanol–water partition coefficient (Wildman–Crippen LogP) is 3.74. The molecule has 0 N–H and O–H groups in total. The van der Waals surface area contributed by atoms with Gasteiger partial charge in [0.05, 0.1) is 12.4 Å². The van der Waals surface area contributed by atoms with Crippen molar-refractivity contribution in [2.45, 2.75) is 6.92 Å². The van der Waals surface area contributed by atoms with E-state index >= 15 is 0 Å². The van der Waals surface area contributed by atoms with Crippen molar-refractivity contribution in [2.24, 2.45) is 0 Å². The molecule has 0 atom stereocenters. The van der Waals surface area contributed by atoms with Crippen LogP contribution >= 0.6 is 11.6 Å². The summed E-state index contributed by atoms with van der Waals surface area (Å²) in [5.41, 5.74) is 4.84. The van der Waals surface area contributed by atoms with Crippen LogP contribution in [-0.2, 0) is 4.79 Å².